The minimum absolute atomic E-state index is 0.128. The molecule has 5 rings (SSSR count). The average Bonchev–Trinajstić information content (AvgIpc) is 3.53. The molecular weight excluding hydrogens is 550 g/mol. The van der Waals surface area contributed by atoms with E-state index in [-0.39, 0.29) is 34.0 Å². The number of carbonyl (C=O) groups excluding carboxylic acids is 2. The number of aromatic nitrogens is 2. The largest absolute Gasteiger partial charge is 0.497 e. The van der Waals surface area contributed by atoms with Gasteiger partial charge in [0.2, 0.25) is 15.8 Å². The van der Waals surface area contributed by atoms with Gasteiger partial charge in [-0.2, -0.15) is 0 Å². The number of thiophene rings is 1. The van der Waals surface area contributed by atoms with Crippen LogP contribution in [-0.2, 0) is 14.6 Å². The van der Waals surface area contributed by atoms with Crippen LogP contribution in [-0.4, -0.2) is 61.0 Å². The first-order valence-electron chi connectivity index (χ1n) is 12.4. The molecule has 0 aliphatic carbocycles. The molecule has 2 aromatic carbocycles. The number of nitrogens with one attached hydrogen (secondary N) is 2. The molecular formula is C28H27N5O5S2. The molecule has 1 aliphatic rings. The zero-order valence-electron chi connectivity index (χ0n) is 22.0. The summed E-state index contributed by atoms with van der Waals surface area (Å²) < 4.78 is 32.0. The summed E-state index contributed by atoms with van der Waals surface area (Å²) >= 11 is 1.12. The van der Waals surface area contributed by atoms with E-state index in [0.29, 0.717) is 21.9 Å². The van der Waals surface area contributed by atoms with E-state index in [1.54, 1.807) is 69.6 Å². The average molecular weight is 578 g/mol. The van der Waals surface area contributed by atoms with Crippen LogP contribution in [0.5, 0.6) is 5.75 Å². The van der Waals surface area contributed by atoms with Gasteiger partial charge in [-0.05, 0) is 55.8 Å². The molecule has 206 valence electrons. The molecule has 0 unspecified atom stereocenters. The van der Waals surface area contributed by atoms with E-state index >= 15 is 0 Å². The van der Waals surface area contributed by atoms with Crippen LogP contribution in [0.1, 0.15) is 13.8 Å². The Bertz CT molecular complexity index is 1690. The van der Waals surface area contributed by atoms with Crippen molar-refractivity contribution in [1.29, 1.82) is 0 Å². The van der Waals surface area contributed by atoms with Crippen LogP contribution in [0.25, 0.3) is 21.7 Å². The number of urea groups is 1. The van der Waals surface area contributed by atoms with Gasteiger partial charge in [0.05, 0.1) is 22.6 Å². The van der Waals surface area contributed by atoms with Crippen molar-refractivity contribution in [2.45, 2.75) is 28.5 Å². The third kappa shape index (κ3) is 5.27. The maximum absolute atomic E-state index is 13.2. The number of benzene rings is 2. The van der Waals surface area contributed by atoms with Gasteiger partial charge >= 0.3 is 6.03 Å². The molecule has 1 aliphatic heterocycles. The number of ether oxygens (including phenoxy) is 1. The van der Waals surface area contributed by atoms with Gasteiger partial charge in [0.1, 0.15) is 15.5 Å². The summed E-state index contributed by atoms with van der Waals surface area (Å²) in [5.41, 5.74) is 1.06. The lowest BCUT2D eigenvalue weighted by Crippen LogP contribution is -2.40. The minimum atomic E-state index is -3.70. The predicted octanol–water partition coefficient (Wildman–Crippen LogP) is 4.46. The molecule has 2 aromatic heterocycles. The van der Waals surface area contributed by atoms with Crippen LogP contribution >= 0.6 is 11.3 Å². The van der Waals surface area contributed by atoms with Gasteiger partial charge in [0, 0.05) is 24.8 Å². The Morgan fingerprint density at radius 1 is 1.05 bits per heavy atom. The second-order valence-electron chi connectivity index (χ2n) is 9.56. The zero-order valence-corrected chi connectivity index (χ0v) is 23.7. The van der Waals surface area contributed by atoms with Crippen LogP contribution in [0.3, 0.4) is 0 Å². The summed E-state index contributed by atoms with van der Waals surface area (Å²) in [4.78, 5) is 35.9. The fraction of sp³-hybridized carbons (Fsp3) is 0.214. The molecule has 0 radical (unpaired) electrons. The highest BCUT2D eigenvalue weighted by Gasteiger charge is 2.43. The van der Waals surface area contributed by atoms with Gasteiger partial charge < -0.3 is 15.4 Å². The zero-order chi connectivity index (χ0) is 28.5. The van der Waals surface area contributed by atoms with Crippen LogP contribution in [0.2, 0.25) is 0 Å². The maximum Gasteiger partial charge on any atom is 0.325 e. The SMILES string of the molecule is COc1cccc(-c2cnc(NCCN3C(=O)NC(C)(C)C3=O)nc2-c2ccc(S(=O)(=O)c3ccccc3)s2)c1. The van der Waals surface area contributed by atoms with Gasteiger partial charge in [-0.25, -0.2) is 23.2 Å². The predicted molar refractivity (Wildman–Crippen MR) is 152 cm³/mol. The number of hydrogen-bond donors (Lipinski definition) is 2. The molecule has 2 N–H and O–H groups in total. The van der Waals surface area contributed by atoms with E-state index in [2.05, 4.69) is 15.6 Å². The normalized spacial score (nSPS) is 14.7. The quantitative estimate of drug-likeness (QED) is 0.279. The molecule has 12 heteroatoms. The molecule has 0 spiro atoms. The second-order valence-corrected chi connectivity index (χ2v) is 12.8. The summed E-state index contributed by atoms with van der Waals surface area (Å²) in [7, 11) is -2.12. The van der Waals surface area contributed by atoms with Crippen LogP contribution in [0, 0.1) is 0 Å². The summed E-state index contributed by atoms with van der Waals surface area (Å²) in [6, 6.07) is 18.5. The standard InChI is InChI=1S/C28H27N5O5S2/c1-28(2)25(34)33(27(35)32-28)15-14-29-26-30-17-21(18-8-7-9-19(16-18)38-3)24(31-26)22-12-13-23(39-22)40(36,37)20-10-5-4-6-11-20/h4-13,16-17H,14-15H2,1-3H3,(H,32,35)(H,29,30,31). The number of amides is 3. The third-order valence-corrected chi connectivity index (χ3v) is 9.72. The summed E-state index contributed by atoms with van der Waals surface area (Å²) in [6.45, 7) is 3.66. The first-order chi connectivity index (χ1) is 19.1. The fourth-order valence-electron chi connectivity index (χ4n) is 4.26. The molecule has 0 saturated carbocycles. The van der Waals surface area contributed by atoms with Crippen LogP contribution < -0.4 is 15.4 Å². The molecule has 0 atom stereocenters. The lowest BCUT2D eigenvalue weighted by atomic mass is 10.0. The van der Waals surface area contributed by atoms with Crippen molar-refractivity contribution >= 4 is 39.1 Å². The Morgan fingerprint density at radius 2 is 1.82 bits per heavy atom. The number of anilines is 1. The molecule has 10 nitrogen and oxygen atoms in total. The highest BCUT2D eigenvalue weighted by molar-refractivity contribution is 7.93. The fourth-order valence-corrected chi connectivity index (χ4v) is 7.00. The molecule has 0 bridgehead atoms. The van der Waals surface area contributed by atoms with E-state index in [0.717, 1.165) is 21.8 Å². The van der Waals surface area contributed by atoms with Gasteiger partial charge in [0.15, 0.2) is 0 Å². The molecule has 40 heavy (non-hydrogen) atoms. The van der Waals surface area contributed by atoms with Crippen LogP contribution in [0.15, 0.2) is 82.0 Å². The topological polar surface area (TPSA) is 131 Å². The lowest BCUT2D eigenvalue weighted by molar-refractivity contribution is -0.130. The van der Waals surface area contributed by atoms with Crippen molar-refractivity contribution in [3.63, 3.8) is 0 Å². The number of methoxy groups -OCH3 is 1. The van der Waals surface area contributed by atoms with Gasteiger partial charge in [-0.15, -0.1) is 11.3 Å². The first-order valence-corrected chi connectivity index (χ1v) is 14.7. The Hall–Kier alpha value is -4.29. The van der Waals surface area contributed by atoms with Crippen molar-refractivity contribution in [3.05, 3.63) is 72.9 Å². The lowest BCUT2D eigenvalue weighted by Gasteiger charge is -2.16. The maximum atomic E-state index is 13.2. The van der Waals surface area contributed by atoms with Crippen molar-refractivity contribution in [2.24, 2.45) is 0 Å². The summed E-state index contributed by atoms with van der Waals surface area (Å²) in [5, 5.41) is 5.73. The molecule has 3 heterocycles. The Balaban J connectivity index is 1.47. The Morgan fingerprint density at radius 3 is 2.52 bits per heavy atom. The minimum Gasteiger partial charge on any atom is -0.497 e. The van der Waals surface area contributed by atoms with Crippen molar-refractivity contribution in [2.75, 3.05) is 25.5 Å². The van der Waals surface area contributed by atoms with Crippen molar-refractivity contribution in [1.82, 2.24) is 20.2 Å². The number of hydrogen-bond acceptors (Lipinski definition) is 9. The molecule has 4 aromatic rings. The monoisotopic (exact) mass is 577 g/mol. The number of carbonyl (C=O) groups is 2. The number of nitrogens with zero attached hydrogens (tertiary/aromatic N) is 3. The van der Waals surface area contributed by atoms with E-state index < -0.39 is 21.4 Å². The summed E-state index contributed by atoms with van der Waals surface area (Å²) in [6.07, 6.45) is 1.65. The third-order valence-electron chi connectivity index (χ3n) is 6.37. The van der Waals surface area contributed by atoms with E-state index in [4.69, 9.17) is 9.72 Å². The van der Waals surface area contributed by atoms with E-state index in [1.165, 1.54) is 0 Å². The molecule has 1 saturated heterocycles. The molecule has 3 amide bonds. The second kappa shape index (κ2) is 10.7. The summed E-state index contributed by atoms with van der Waals surface area (Å²) in [5.74, 6) is 0.620. The van der Waals surface area contributed by atoms with Gasteiger partial charge in [0.25, 0.3) is 5.91 Å². The smallest absolute Gasteiger partial charge is 0.325 e. The van der Waals surface area contributed by atoms with Gasteiger partial charge in [-0.3, -0.25) is 9.69 Å². The number of sulfone groups is 1. The van der Waals surface area contributed by atoms with Crippen LogP contribution in [0.4, 0.5) is 10.7 Å². The highest BCUT2D eigenvalue weighted by atomic mass is 32.2. The molecule has 1 fully saturated rings. The van der Waals surface area contributed by atoms with E-state index in [9.17, 15) is 18.0 Å². The number of rotatable bonds is 9. The van der Waals surface area contributed by atoms with E-state index in [1.807, 2.05) is 24.3 Å². The number of imide groups is 1. The van der Waals surface area contributed by atoms with Crippen molar-refractivity contribution in [3.8, 4) is 27.4 Å². The highest BCUT2D eigenvalue weighted by Crippen LogP contribution is 2.38. The van der Waals surface area contributed by atoms with Gasteiger partial charge in [-0.1, -0.05) is 30.3 Å². The van der Waals surface area contributed by atoms with Crippen molar-refractivity contribution < 1.29 is 22.7 Å². The first kappa shape index (κ1) is 27.3. The Labute approximate surface area is 236 Å². The Kier molecular flexibility index (Phi) is 7.30.